The summed E-state index contributed by atoms with van der Waals surface area (Å²) in [5, 5.41) is 4.17. The molecule has 1 aromatic carbocycles. The third kappa shape index (κ3) is 2.51. The van der Waals surface area contributed by atoms with Gasteiger partial charge in [0.25, 0.3) is 0 Å². The first-order valence-corrected chi connectivity index (χ1v) is 7.07. The van der Waals surface area contributed by atoms with Gasteiger partial charge in [-0.05, 0) is 48.1 Å². The van der Waals surface area contributed by atoms with Crippen LogP contribution in [0, 0.1) is 10.5 Å². The molecule has 0 saturated carbocycles. The monoisotopic (exact) mass is 370 g/mol. The van der Waals surface area contributed by atoms with Crippen LogP contribution in [0.25, 0.3) is 0 Å². The van der Waals surface area contributed by atoms with Crippen LogP contribution in [0.1, 0.15) is 28.5 Å². The molecular formula is C14H15IN2O2. The maximum Gasteiger partial charge on any atom is 0.215 e. The fourth-order valence-corrected chi connectivity index (χ4v) is 2.54. The highest BCUT2D eigenvalue weighted by molar-refractivity contribution is 14.1. The molecule has 2 aromatic rings. The number of rotatable bonds is 4. The number of ketones is 1. The number of aromatic nitrogens is 2. The van der Waals surface area contributed by atoms with Gasteiger partial charge < -0.3 is 4.74 Å². The van der Waals surface area contributed by atoms with E-state index < -0.39 is 0 Å². The van der Waals surface area contributed by atoms with Crippen molar-refractivity contribution >= 4 is 28.4 Å². The molecule has 2 rings (SSSR count). The van der Waals surface area contributed by atoms with Crippen LogP contribution in [0.3, 0.4) is 0 Å². The minimum Gasteiger partial charge on any atom is -0.493 e. The molecule has 0 unspecified atom stereocenters. The summed E-state index contributed by atoms with van der Waals surface area (Å²) in [6.07, 6.45) is 1.58. The second-order valence-electron chi connectivity index (χ2n) is 4.14. The van der Waals surface area contributed by atoms with Gasteiger partial charge >= 0.3 is 0 Å². The van der Waals surface area contributed by atoms with E-state index in [1.165, 1.54) is 0 Å². The first-order valence-electron chi connectivity index (χ1n) is 5.99. The average Bonchev–Trinajstić information content (AvgIpc) is 2.84. The van der Waals surface area contributed by atoms with Crippen LogP contribution in [0.4, 0.5) is 0 Å². The third-order valence-corrected chi connectivity index (χ3v) is 4.41. The van der Waals surface area contributed by atoms with Crippen LogP contribution in [0.2, 0.25) is 0 Å². The van der Waals surface area contributed by atoms with Gasteiger partial charge in [0.05, 0.1) is 13.3 Å². The molecule has 0 aliphatic heterocycles. The first-order chi connectivity index (χ1) is 9.10. The number of methoxy groups -OCH3 is 1. The highest BCUT2D eigenvalue weighted by Gasteiger charge is 2.22. The van der Waals surface area contributed by atoms with Crippen LogP contribution >= 0.6 is 22.6 Å². The van der Waals surface area contributed by atoms with Crippen LogP contribution in [-0.4, -0.2) is 22.7 Å². The van der Waals surface area contributed by atoms with Gasteiger partial charge in [-0.2, -0.15) is 5.10 Å². The van der Waals surface area contributed by atoms with Crippen LogP contribution in [0.5, 0.6) is 5.75 Å². The zero-order valence-corrected chi connectivity index (χ0v) is 13.3. The Bertz CT molecular complexity index is 598. The van der Waals surface area contributed by atoms with Crippen molar-refractivity contribution < 1.29 is 9.53 Å². The zero-order valence-electron chi connectivity index (χ0n) is 11.1. The van der Waals surface area contributed by atoms with E-state index in [1.807, 2.05) is 32.0 Å². The predicted molar refractivity (Wildman–Crippen MR) is 81.8 cm³/mol. The number of halogens is 1. The molecule has 1 heterocycles. The molecule has 0 aliphatic rings. The fourth-order valence-electron chi connectivity index (χ4n) is 1.94. The Morgan fingerprint density at radius 2 is 2.21 bits per heavy atom. The molecule has 0 fully saturated rings. The highest BCUT2D eigenvalue weighted by Crippen LogP contribution is 2.25. The van der Waals surface area contributed by atoms with Crippen molar-refractivity contribution in [1.29, 1.82) is 0 Å². The smallest absolute Gasteiger partial charge is 0.215 e. The molecule has 4 nitrogen and oxygen atoms in total. The van der Waals surface area contributed by atoms with Crippen LogP contribution in [-0.2, 0) is 6.54 Å². The summed E-state index contributed by atoms with van der Waals surface area (Å²) in [7, 11) is 1.55. The molecule has 0 saturated heterocycles. The van der Waals surface area contributed by atoms with E-state index in [9.17, 15) is 4.79 Å². The van der Waals surface area contributed by atoms with Crippen molar-refractivity contribution in [3.8, 4) is 5.75 Å². The fraction of sp³-hybridized carbons (Fsp3) is 0.286. The first kappa shape index (κ1) is 14.0. The Balaban J connectivity index is 2.55. The maximum atomic E-state index is 12.7. The molecule has 0 N–H and O–H groups in total. The van der Waals surface area contributed by atoms with Gasteiger partial charge in [0.2, 0.25) is 5.78 Å². The Hall–Kier alpha value is -1.37. The lowest BCUT2D eigenvalue weighted by atomic mass is 10.1. The van der Waals surface area contributed by atoms with Crippen molar-refractivity contribution in [2.75, 3.05) is 7.11 Å². The lowest BCUT2D eigenvalue weighted by Crippen LogP contribution is -2.13. The van der Waals surface area contributed by atoms with E-state index in [2.05, 4.69) is 27.7 Å². The third-order valence-electron chi connectivity index (χ3n) is 2.98. The van der Waals surface area contributed by atoms with Crippen molar-refractivity contribution in [2.24, 2.45) is 0 Å². The predicted octanol–water partition coefficient (Wildman–Crippen LogP) is 3.06. The standard InChI is InChI=1S/C14H15IN2O2/c1-4-17-13(11(19-3)8-16-17)14(18)10-7-5-6-9(2)12(10)15/h5-8H,4H2,1-3H3. The van der Waals surface area contributed by atoms with Crippen LogP contribution < -0.4 is 4.74 Å². The molecule has 0 aliphatic carbocycles. The number of aryl methyl sites for hydroxylation is 2. The Morgan fingerprint density at radius 3 is 2.84 bits per heavy atom. The summed E-state index contributed by atoms with van der Waals surface area (Å²) in [5.74, 6) is 0.466. The lowest BCUT2D eigenvalue weighted by Gasteiger charge is -2.09. The topological polar surface area (TPSA) is 44.1 Å². The molecule has 0 radical (unpaired) electrons. The van der Waals surface area contributed by atoms with Gasteiger partial charge in [0, 0.05) is 15.7 Å². The van der Waals surface area contributed by atoms with Gasteiger partial charge in [-0.3, -0.25) is 9.48 Å². The minimum atomic E-state index is -0.0516. The van der Waals surface area contributed by atoms with E-state index in [1.54, 1.807) is 18.0 Å². The summed E-state index contributed by atoms with van der Waals surface area (Å²) in [4.78, 5) is 12.7. The average molecular weight is 370 g/mol. The number of hydrogen-bond donors (Lipinski definition) is 0. The zero-order chi connectivity index (χ0) is 14.0. The quantitative estimate of drug-likeness (QED) is 0.614. The van der Waals surface area contributed by atoms with Gasteiger partial charge in [0.1, 0.15) is 0 Å². The minimum absolute atomic E-state index is 0.0516. The van der Waals surface area contributed by atoms with E-state index in [0.717, 1.165) is 9.13 Å². The van der Waals surface area contributed by atoms with Gasteiger partial charge in [-0.25, -0.2) is 0 Å². The van der Waals surface area contributed by atoms with Gasteiger partial charge in [-0.1, -0.05) is 12.1 Å². The Kier molecular flexibility index (Phi) is 4.24. The molecule has 0 spiro atoms. The number of carbonyl (C=O) groups excluding carboxylic acids is 1. The lowest BCUT2D eigenvalue weighted by molar-refractivity contribution is 0.102. The van der Waals surface area contributed by atoms with Gasteiger partial charge in [0.15, 0.2) is 11.4 Å². The molecule has 5 heteroatoms. The normalized spacial score (nSPS) is 10.5. The summed E-state index contributed by atoms with van der Waals surface area (Å²) in [5.41, 5.74) is 2.29. The van der Waals surface area contributed by atoms with E-state index in [-0.39, 0.29) is 5.78 Å². The number of benzene rings is 1. The number of ether oxygens (including phenoxy) is 1. The van der Waals surface area contributed by atoms with E-state index >= 15 is 0 Å². The van der Waals surface area contributed by atoms with E-state index in [4.69, 9.17) is 4.74 Å². The van der Waals surface area contributed by atoms with Crippen molar-refractivity contribution in [1.82, 2.24) is 9.78 Å². The number of nitrogens with zero attached hydrogens (tertiary/aromatic N) is 2. The SMILES string of the molecule is CCn1ncc(OC)c1C(=O)c1cccc(C)c1I. The van der Waals surface area contributed by atoms with Crippen molar-refractivity contribution in [3.05, 3.63) is 44.8 Å². The molecule has 1 aromatic heterocycles. The molecule has 19 heavy (non-hydrogen) atoms. The highest BCUT2D eigenvalue weighted by atomic mass is 127. The number of carbonyl (C=O) groups is 1. The Morgan fingerprint density at radius 1 is 1.47 bits per heavy atom. The Labute approximate surface area is 125 Å². The molecule has 0 bridgehead atoms. The number of hydrogen-bond acceptors (Lipinski definition) is 3. The molecule has 0 atom stereocenters. The van der Waals surface area contributed by atoms with Crippen molar-refractivity contribution in [3.63, 3.8) is 0 Å². The van der Waals surface area contributed by atoms with Crippen molar-refractivity contribution in [2.45, 2.75) is 20.4 Å². The van der Waals surface area contributed by atoms with E-state index in [0.29, 0.717) is 23.6 Å². The summed E-state index contributed by atoms with van der Waals surface area (Å²) < 4.78 is 7.87. The summed E-state index contributed by atoms with van der Waals surface area (Å²) in [6, 6.07) is 5.72. The summed E-state index contributed by atoms with van der Waals surface area (Å²) >= 11 is 2.20. The molecule has 0 amide bonds. The second kappa shape index (κ2) is 5.73. The van der Waals surface area contributed by atoms with Crippen LogP contribution in [0.15, 0.2) is 24.4 Å². The maximum absolute atomic E-state index is 12.7. The molecular weight excluding hydrogens is 355 g/mol. The largest absolute Gasteiger partial charge is 0.493 e. The van der Waals surface area contributed by atoms with Gasteiger partial charge in [-0.15, -0.1) is 0 Å². The molecule has 100 valence electrons. The summed E-state index contributed by atoms with van der Waals surface area (Å²) in [6.45, 7) is 4.57. The second-order valence-corrected chi connectivity index (χ2v) is 5.22.